The maximum atomic E-state index is 5.74. The lowest BCUT2D eigenvalue weighted by Gasteiger charge is -2.33. The molecule has 0 saturated carbocycles. The summed E-state index contributed by atoms with van der Waals surface area (Å²) < 4.78 is 0. The van der Waals surface area contributed by atoms with Crippen LogP contribution in [0.5, 0.6) is 0 Å². The molecule has 0 unspecified atom stereocenters. The van der Waals surface area contributed by atoms with Gasteiger partial charge in [0.25, 0.3) is 0 Å². The molecule has 4 N–H and O–H groups in total. The van der Waals surface area contributed by atoms with E-state index in [1.165, 1.54) is 11.4 Å². The summed E-state index contributed by atoms with van der Waals surface area (Å²) in [7, 11) is 0. The Morgan fingerprint density at radius 3 is 2.67 bits per heavy atom. The van der Waals surface area contributed by atoms with Crippen LogP contribution in [0.15, 0.2) is 24.7 Å². The quantitative estimate of drug-likeness (QED) is 0.347. The fourth-order valence-corrected chi connectivity index (χ4v) is 1.03. The fraction of sp³-hybridized carbons (Fsp3) is 0.500. The van der Waals surface area contributed by atoms with Crippen molar-refractivity contribution in [1.82, 2.24) is 9.91 Å². The molecule has 0 atom stereocenters. The molecule has 4 heteroatoms. The summed E-state index contributed by atoms with van der Waals surface area (Å²) in [5.41, 5.74) is 5.74. The van der Waals surface area contributed by atoms with Crippen LogP contribution in [0.3, 0.4) is 0 Å². The maximum absolute atomic E-state index is 5.74. The highest BCUT2D eigenvalue weighted by Gasteiger charge is 2.14. The van der Waals surface area contributed by atoms with Gasteiger partial charge in [-0.3, -0.25) is 0 Å². The number of hydrazine groups is 1. The molecule has 0 aromatic heterocycles. The number of hydrogen-bond donors (Lipinski definition) is 2. The Balaban J connectivity index is 2.36. The number of nitrogens with two attached hydrogens (primary N) is 2. The van der Waals surface area contributed by atoms with Crippen molar-refractivity contribution in [3.63, 3.8) is 0 Å². The van der Waals surface area contributed by atoms with E-state index >= 15 is 0 Å². The van der Waals surface area contributed by atoms with Crippen LogP contribution in [0.25, 0.3) is 0 Å². The number of nitrogens with zero attached hydrogens (tertiary/aromatic N) is 2. The van der Waals surface area contributed by atoms with Crippen LogP contribution in [0.2, 0.25) is 0 Å². The molecule has 0 aliphatic carbocycles. The SMILES string of the molecule is C=CCN(N)/C=C(\N)N1CCC1. The summed E-state index contributed by atoms with van der Waals surface area (Å²) in [6, 6.07) is 0. The molecule has 1 saturated heterocycles. The molecular weight excluding hydrogens is 152 g/mol. The predicted molar refractivity (Wildman–Crippen MR) is 49.6 cm³/mol. The second-order valence-electron chi connectivity index (χ2n) is 2.88. The van der Waals surface area contributed by atoms with Gasteiger partial charge in [-0.05, 0) is 6.42 Å². The summed E-state index contributed by atoms with van der Waals surface area (Å²) in [6.07, 6.45) is 4.70. The topological polar surface area (TPSA) is 58.5 Å². The van der Waals surface area contributed by atoms with Crippen molar-refractivity contribution in [2.24, 2.45) is 11.6 Å². The monoisotopic (exact) mass is 168 g/mol. The summed E-state index contributed by atoms with van der Waals surface area (Å²) in [5.74, 6) is 6.32. The normalized spacial score (nSPS) is 17.1. The standard InChI is InChI=1S/C8H16N4/c1-2-4-12(10)7-8(9)11-5-3-6-11/h2,7H,1,3-6,9-10H2/b8-7+. The van der Waals surface area contributed by atoms with Crippen LogP contribution < -0.4 is 11.6 Å². The van der Waals surface area contributed by atoms with Crippen molar-refractivity contribution in [2.45, 2.75) is 6.42 Å². The van der Waals surface area contributed by atoms with E-state index < -0.39 is 0 Å². The van der Waals surface area contributed by atoms with Crippen LogP contribution in [-0.4, -0.2) is 29.5 Å². The highest BCUT2D eigenvalue weighted by molar-refractivity contribution is 4.98. The first-order valence-electron chi connectivity index (χ1n) is 4.08. The van der Waals surface area contributed by atoms with E-state index in [9.17, 15) is 0 Å². The van der Waals surface area contributed by atoms with Gasteiger partial charge in [-0.2, -0.15) is 0 Å². The minimum Gasteiger partial charge on any atom is -0.384 e. The third-order valence-corrected chi connectivity index (χ3v) is 1.86. The van der Waals surface area contributed by atoms with Gasteiger partial charge in [0.2, 0.25) is 0 Å². The highest BCUT2D eigenvalue weighted by atomic mass is 15.4. The molecule has 12 heavy (non-hydrogen) atoms. The van der Waals surface area contributed by atoms with E-state index in [-0.39, 0.29) is 0 Å². The number of hydrogen-bond acceptors (Lipinski definition) is 4. The first-order valence-corrected chi connectivity index (χ1v) is 4.08. The second kappa shape index (κ2) is 4.01. The van der Waals surface area contributed by atoms with Gasteiger partial charge >= 0.3 is 0 Å². The Hall–Kier alpha value is -1.16. The van der Waals surface area contributed by atoms with Gasteiger partial charge in [0.1, 0.15) is 5.82 Å². The zero-order valence-corrected chi connectivity index (χ0v) is 7.24. The minimum atomic E-state index is 0.620. The van der Waals surface area contributed by atoms with Gasteiger partial charge in [-0.1, -0.05) is 6.08 Å². The predicted octanol–water partition coefficient (Wildman–Crippen LogP) is -0.189. The van der Waals surface area contributed by atoms with E-state index in [0.717, 1.165) is 18.9 Å². The van der Waals surface area contributed by atoms with Gasteiger partial charge in [-0.25, -0.2) is 5.84 Å². The lowest BCUT2D eigenvalue weighted by Crippen LogP contribution is -2.41. The van der Waals surface area contributed by atoms with E-state index in [1.54, 1.807) is 12.3 Å². The molecule has 1 rings (SSSR count). The van der Waals surface area contributed by atoms with Crippen molar-refractivity contribution in [1.29, 1.82) is 0 Å². The number of rotatable bonds is 4. The third kappa shape index (κ3) is 2.17. The Morgan fingerprint density at radius 2 is 2.25 bits per heavy atom. The van der Waals surface area contributed by atoms with E-state index in [4.69, 9.17) is 11.6 Å². The Kier molecular flexibility index (Phi) is 2.99. The van der Waals surface area contributed by atoms with E-state index in [2.05, 4.69) is 11.5 Å². The average molecular weight is 168 g/mol. The molecule has 0 radical (unpaired) electrons. The van der Waals surface area contributed by atoms with Gasteiger partial charge in [-0.15, -0.1) is 6.58 Å². The van der Waals surface area contributed by atoms with Gasteiger partial charge in [0.15, 0.2) is 0 Å². The average Bonchev–Trinajstić information content (AvgIpc) is 1.82. The van der Waals surface area contributed by atoms with Crippen molar-refractivity contribution >= 4 is 0 Å². The molecule has 4 nitrogen and oxygen atoms in total. The smallest absolute Gasteiger partial charge is 0.117 e. The largest absolute Gasteiger partial charge is 0.384 e. The molecule has 0 spiro atoms. The molecule has 0 bridgehead atoms. The lowest BCUT2D eigenvalue weighted by atomic mass is 10.2. The maximum Gasteiger partial charge on any atom is 0.117 e. The van der Waals surface area contributed by atoms with Crippen LogP contribution >= 0.6 is 0 Å². The Labute approximate surface area is 73.1 Å². The molecule has 1 heterocycles. The lowest BCUT2D eigenvalue weighted by molar-refractivity contribution is 0.228. The van der Waals surface area contributed by atoms with Crippen LogP contribution in [0.1, 0.15) is 6.42 Å². The second-order valence-corrected chi connectivity index (χ2v) is 2.88. The molecule has 1 aliphatic heterocycles. The van der Waals surface area contributed by atoms with E-state index in [0.29, 0.717) is 6.54 Å². The van der Waals surface area contributed by atoms with Crippen LogP contribution in [0.4, 0.5) is 0 Å². The van der Waals surface area contributed by atoms with Crippen LogP contribution in [0, 0.1) is 0 Å². The molecule has 0 aromatic carbocycles. The molecule has 1 fully saturated rings. The van der Waals surface area contributed by atoms with Crippen molar-refractivity contribution in [2.75, 3.05) is 19.6 Å². The highest BCUT2D eigenvalue weighted by Crippen LogP contribution is 2.09. The summed E-state index contributed by atoms with van der Waals surface area (Å²) in [5, 5.41) is 1.53. The molecule has 1 aliphatic rings. The zero-order valence-electron chi connectivity index (χ0n) is 7.24. The first-order chi connectivity index (χ1) is 5.74. The summed E-state index contributed by atoms with van der Waals surface area (Å²) in [4.78, 5) is 2.09. The number of likely N-dealkylation sites (tertiary alicyclic amines) is 1. The summed E-state index contributed by atoms with van der Waals surface area (Å²) in [6.45, 7) is 6.29. The molecule has 68 valence electrons. The molecule has 0 amide bonds. The van der Waals surface area contributed by atoms with Gasteiger partial charge in [0, 0.05) is 13.1 Å². The zero-order chi connectivity index (χ0) is 8.97. The van der Waals surface area contributed by atoms with Gasteiger partial charge < -0.3 is 15.6 Å². The van der Waals surface area contributed by atoms with Crippen molar-refractivity contribution < 1.29 is 0 Å². The molecule has 0 aromatic rings. The van der Waals surface area contributed by atoms with Crippen LogP contribution in [-0.2, 0) is 0 Å². The molecular formula is C8H16N4. The van der Waals surface area contributed by atoms with Gasteiger partial charge in [0.05, 0.1) is 12.7 Å². The van der Waals surface area contributed by atoms with Crippen molar-refractivity contribution in [3.05, 3.63) is 24.7 Å². The summed E-state index contributed by atoms with van der Waals surface area (Å²) >= 11 is 0. The van der Waals surface area contributed by atoms with Crippen molar-refractivity contribution in [3.8, 4) is 0 Å². The Bertz CT molecular complexity index is 183. The third-order valence-electron chi connectivity index (χ3n) is 1.86. The first kappa shape index (κ1) is 8.93. The fourth-order valence-electron chi connectivity index (χ4n) is 1.03. The Morgan fingerprint density at radius 1 is 1.58 bits per heavy atom. The minimum absolute atomic E-state index is 0.620. The van der Waals surface area contributed by atoms with E-state index in [1.807, 2.05) is 0 Å².